The molecule has 0 aromatic heterocycles. The Morgan fingerprint density at radius 3 is 2.08 bits per heavy atom. The fourth-order valence-electron chi connectivity index (χ4n) is 3.49. The van der Waals surface area contributed by atoms with Crippen LogP contribution in [-0.2, 0) is 16.0 Å². The normalized spacial score (nSPS) is 11.2. The number of rotatable bonds is 11. The molecule has 0 fully saturated rings. The van der Waals surface area contributed by atoms with E-state index in [-0.39, 0.29) is 17.1 Å². The van der Waals surface area contributed by atoms with Crippen molar-refractivity contribution in [1.82, 2.24) is 0 Å². The highest BCUT2D eigenvalue weighted by Gasteiger charge is 2.20. The van der Waals surface area contributed by atoms with Gasteiger partial charge in [0.25, 0.3) is 0 Å². The molecule has 6 nitrogen and oxygen atoms in total. The van der Waals surface area contributed by atoms with Gasteiger partial charge >= 0.3 is 11.9 Å². The Balaban J connectivity index is 2.35. The lowest BCUT2D eigenvalue weighted by atomic mass is 9.99. The Labute approximate surface area is 213 Å². The van der Waals surface area contributed by atoms with Crippen LogP contribution in [0.5, 0.6) is 17.2 Å². The van der Waals surface area contributed by atoms with E-state index in [2.05, 4.69) is 32.9 Å². The topological polar surface area (TPSA) is 78.9 Å². The number of allylic oxidation sites excluding steroid dienone is 5. The Bertz CT molecular complexity index is 1180. The third-order valence-electron chi connectivity index (χ3n) is 5.26. The molecule has 0 aliphatic carbocycles. The van der Waals surface area contributed by atoms with Gasteiger partial charge in [-0.3, -0.25) is 14.4 Å². The van der Waals surface area contributed by atoms with Crippen LogP contribution in [0.1, 0.15) is 68.9 Å². The minimum Gasteiger partial charge on any atom is -0.496 e. The quantitative estimate of drug-likeness (QED) is 0.115. The zero-order chi connectivity index (χ0) is 26.7. The second kappa shape index (κ2) is 13.8. The molecule has 0 aliphatic rings. The Morgan fingerprint density at radius 1 is 0.833 bits per heavy atom. The van der Waals surface area contributed by atoms with Crippen LogP contribution in [0.2, 0.25) is 0 Å². The molecule has 0 amide bonds. The lowest BCUT2D eigenvalue weighted by molar-refractivity contribution is -0.132. The first-order valence-corrected chi connectivity index (χ1v) is 11.8. The largest absolute Gasteiger partial charge is 0.496 e. The lowest BCUT2D eigenvalue weighted by Gasteiger charge is -2.15. The Hall–Kier alpha value is -3.93. The third-order valence-corrected chi connectivity index (χ3v) is 5.26. The van der Waals surface area contributed by atoms with Crippen LogP contribution in [0.3, 0.4) is 0 Å². The van der Waals surface area contributed by atoms with Crippen molar-refractivity contribution >= 4 is 23.8 Å². The molecule has 0 heterocycles. The highest BCUT2D eigenvalue weighted by atomic mass is 16.5. The van der Waals surface area contributed by atoms with Gasteiger partial charge in [-0.25, -0.2) is 0 Å². The number of ether oxygens (including phenoxy) is 3. The van der Waals surface area contributed by atoms with Crippen molar-refractivity contribution in [2.75, 3.05) is 7.11 Å². The summed E-state index contributed by atoms with van der Waals surface area (Å²) in [5, 5.41) is 0. The van der Waals surface area contributed by atoms with E-state index in [1.807, 2.05) is 0 Å². The van der Waals surface area contributed by atoms with E-state index in [1.54, 1.807) is 49.6 Å². The molecule has 0 saturated heterocycles. The molecule has 2 rings (SSSR count). The molecule has 0 saturated carbocycles. The summed E-state index contributed by atoms with van der Waals surface area (Å²) in [5.41, 5.74) is 4.12. The number of carbonyl (C=O) groups is 3. The van der Waals surface area contributed by atoms with Crippen molar-refractivity contribution in [3.05, 3.63) is 82.5 Å². The van der Waals surface area contributed by atoms with E-state index >= 15 is 0 Å². The third kappa shape index (κ3) is 9.02. The summed E-state index contributed by atoms with van der Waals surface area (Å²) < 4.78 is 16.1. The molecule has 0 spiro atoms. The van der Waals surface area contributed by atoms with Crippen LogP contribution < -0.4 is 14.2 Å². The van der Waals surface area contributed by atoms with Gasteiger partial charge in [0.15, 0.2) is 5.78 Å². The molecule has 0 bridgehead atoms. The van der Waals surface area contributed by atoms with Crippen molar-refractivity contribution in [3.63, 3.8) is 0 Å². The summed E-state index contributed by atoms with van der Waals surface area (Å²) >= 11 is 0. The summed E-state index contributed by atoms with van der Waals surface area (Å²) in [6.07, 6.45) is 9.64. The Kier molecular flexibility index (Phi) is 10.9. The van der Waals surface area contributed by atoms with Gasteiger partial charge in [-0.15, -0.1) is 0 Å². The minimum atomic E-state index is -0.521. The van der Waals surface area contributed by atoms with Gasteiger partial charge < -0.3 is 14.2 Å². The van der Waals surface area contributed by atoms with E-state index in [0.29, 0.717) is 23.5 Å². The number of hydrogen-bond acceptors (Lipinski definition) is 6. The molecule has 2 aromatic carbocycles. The molecule has 0 unspecified atom stereocenters. The lowest BCUT2D eigenvalue weighted by Crippen LogP contribution is -2.10. The van der Waals surface area contributed by atoms with Gasteiger partial charge in [0, 0.05) is 19.4 Å². The number of carbonyl (C=O) groups excluding carboxylic acids is 3. The Morgan fingerprint density at radius 2 is 1.50 bits per heavy atom. The van der Waals surface area contributed by atoms with Gasteiger partial charge in [-0.05, 0) is 75.9 Å². The minimum absolute atomic E-state index is 0.204. The number of ketones is 1. The molecule has 0 aliphatic heterocycles. The van der Waals surface area contributed by atoms with E-state index in [9.17, 15) is 14.4 Å². The van der Waals surface area contributed by atoms with Gasteiger partial charge in [0.05, 0.1) is 12.7 Å². The van der Waals surface area contributed by atoms with Crippen molar-refractivity contribution in [1.29, 1.82) is 0 Å². The molecule has 36 heavy (non-hydrogen) atoms. The summed E-state index contributed by atoms with van der Waals surface area (Å²) in [6, 6.07) is 10.1. The summed E-state index contributed by atoms with van der Waals surface area (Å²) in [5.74, 6) is -0.0700. The van der Waals surface area contributed by atoms with Crippen molar-refractivity contribution in [2.24, 2.45) is 0 Å². The van der Waals surface area contributed by atoms with Crippen LogP contribution in [0.15, 0.2) is 65.8 Å². The SMILES string of the molecule is COc1ccc(C(=O)/C=C/c2ccc(OC(C)=O)cc2)c(OC(C)=O)c1C/C=C(\C)CCC=C(C)C. The van der Waals surface area contributed by atoms with Crippen LogP contribution in [0.25, 0.3) is 6.08 Å². The molecule has 0 N–H and O–H groups in total. The number of benzene rings is 2. The van der Waals surface area contributed by atoms with E-state index < -0.39 is 11.9 Å². The highest BCUT2D eigenvalue weighted by Crippen LogP contribution is 2.34. The maximum atomic E-state index is 13.1. The number of hydrogen-bond donors (Lipinski definition) is 0. The predicted octanol–water partition coefficient (Wildman–Crippen LogP) is 6.68. The first-order chi connectivity index (χ1) is 17.1. The summed E-state index contributed by atoms with van der Waals surface area (Å²) in [4.78, 5) is 36.1. The maximum Gasteiger partial charge on any atom is 0.308 e. The van der Waals surface area contributed by atoms with Crippen molar-refractivity contribution < 1.29 is 28.6 Å². The van der Waals surface area contributed by atoms with Crippen molar-refractivity contribution in [3.8, 4) is 17.2 Å². The van der Waals surface area contributed by atoms with E-state index in [1.165, 1.54) is 31.1 Å². The zero-order valence-corrected chi connectivity index (χ0v) is 21.8. The molecule has 2 aromatic rings. The van der Waals surface area contributed by atoms with E-state index in [4.69, 9.17) is 14.2 Å². The molecule has 0 radical (unpaired) electrons. The highest BCUT2D eigenvalue weighted by molar-refractivity contribution is 6.09. The van der Waals surface area contributed by atoms with Crippen molar-refractivity contribution in [2.45, 2.75) is 53.9 Å². The molecular weight excluding hydrogens is 456 g/mol. The van der Waals surface area contributed by atoms with E-state index in [0.717, 1.165) is 18.4 Å². The zero-order valence-electron chi connectivity index (χ0n) is 21.8. The standard InChI is InChI=1S/C30H34O6/c1-20(2)8-7-9-21(3)10-16-27-29(34-6)19-17-26(30(27)36-23(5)32)28(33)18-13-24-11-14-25(15-12-24)35-22(4)31/h8,10-15,17-19H,7,9,16H2,1-6H3/b18-13+,21-10+. The van der Waals surface area contributed by atoms with Crippen LogP contribution in [-0.4, -0.2) is 24.8 Å². The number of esters is 2. The first-order valence-electron chi connectivity index (χ1n) is 11.8. The monoisotopic (exact) mass is 490 g/mol. The van der Waals surface area contributed by atoms with Crippen LogP contribution in [0.4, 0.5) is 0 Å². The van der Waals surface area contributed by atoms with Gasteiger partial charge in [-0.1, -0.05) is 41.5 Å². The van der Waals surface area contributed by atoms with Gasteiger partial charge in [0.1, 0.15) is 17.2 Å². The molecule has 190 valence electrons. The predicted molar refractivity (Wildman–Crippen MR) is 142 cm³/mol. The molecule has 0 atom stereocenters. The fourth-order valence-corrected chi connectivity index (χ4v) is 3.49. The first kappa shape index (κ1) is 28.3. The number of methoxy groups -OCH3 is 1. The van der Waals surface area contributed by atoms with Crippen LogP contribution >= 0.6 is 0 Å². The fraction of sp³-hybridized carbons (Fsp3) is 0.300. The molecular formula is C30H34O6. The average molecular weight is 491 g/mol. The second-order valence-corrected chi connectivity index (χ2v) is 8.65. The maximum absolute atomic E-state index is 13.1. The van der Waals surface area contributed by atoms with Gasteiger partial charge in [-0.2, -0.15) is 0 Å². The molecule has 6 heteroatoms. The smallest absolute Gasteiger partial charge is 0.308 e. The summed E-state index contributed by atoms with van der Waals surface area (Å²) in [6.45, 7) is 8.84. The van der Waals surface area contributed by atoms with Crippen LogP contribution in [0, 0.1) is 0 Å². The summed E-state index contributed by atoms with van der Waals surface area (Å²) in [7, 11) is 1.54. The second-order valence-electron chi connectivity index (χ2n) is 8.65. The van der Waals surface area contributed by atoms with Gasteiger partial charge in [0.2, 0.25) is 0 Å². The average Bonchev–Trinajstić information content (AvgIpc) is 2.81.